The fourth-order valence-corrected chi connectivity index (χ4v) is 6.94. The fraction of sp³-hybridized carbons (Fsp3) is 0.484. The zero-order chi connectivity index (χ0) is 28.5. The number of amides is 2. The largest absolute Gasteiger partial charge is 0.354 e. The molecule has 1 aliphatic heterocycles. The van der Waals surface area contributed by atoms with E-state index in [1.165, 1.54) is 22.7 Å². The van der Waals surface area contributed by atoms with E-state index in [-0.39, 0.29) is 23.1 Å². The van der Waals surface area contributed by atoms with Gasteiger partial charge in [0.1, 0.15) is 6.04 Å². The van der Waals surface area contributed by atoms with Crippen LogP contribution in [-0.4, -0.2) is 55.1 Å². The average Bonchev–Trinajstić information content (AvgIpc) is 3.52. The Morgan fingerprint density at radius 1 is 0.950 bits per heavy atom. The first kappa shape index (κ1) is 30.3. The Kier molecular flexibility index (Phi) is 10.8. The van der Waals surface area contributed by atoms with Crippen molar-refractivity contribution < 1.29 is 18.0 Å². The lowest BCUT2D eigenvalue weighted by Gasteiger charge is -2.29. The molecule has 40 heavy (non-hydrogen) atoms. The number of nitrogens with one attached hydrogen (secondary N) is 1. The predicted molar refractivity (Wildman–Crippen MR) is 158 cm³/mol. The summed E-state index contributed by atoms with van der Waals surface area (Å²) in [4.78, 5) is 28.4. The van der Waals surface area contributed by atoms with Crippen molar-refractivity contribution in [1.29, 1.82) is 0 Å². The molecule has 2 aliphatic rings. The van der Waals surface area contributed by atoms with Gasteiger partial charge in [-0.3, -0.25) is 9.59 Å². The van der Waals surface area contributed by atoms with Crippen molar-refractivity contribution >= 4 is 33.4 Å². The third kappa shape index (κ3) is 8.18. The molecule has 2 aromatic rings. The summed E-state index contributed by atoms with van der Waals surface area (Å²) < 4.78 is 27.2. The minimum atomic E-state index is -3.47. The number of allylic oxidation sites excluding steroid dienone is 1. The van der Waals surface area contributed by atoms with Crippen molar-refractivity contribution in [3.8, 4) is 0 Å². The summed E-state index contributed by atoms with van der Waals surface area (Å²) in [5, 5.41) is 3.63. The van der Waals surface area contributed by atoms with Crippen LogP contribution in [0.15, 0.2) is 65.1 Å². The maximum atomic E-state index is 13.5. The van der Waals surface area contributed by atoms with Crippen LogP contribution in [0.3, 0.4) is 0 Å². The summed E-state index contributed by atoms with van der Waals surface area (Å²) in [5.74, 6) is -0.309. The van der Waals surface area contributed by atoms with Gasteiger partial charge in [-0.05, 0) is 93.7 Å². The Hall–Kier alpha value is -2.68. The van der Waals surface area contributed by atoms with Gasteiger partial charge in [-0.2, -0.15) is 4.31 Å². The molecule has 0 aromatic heterocycles. The van der Waals surface area contributed by atoms with E-state index in [1.807, 2.05) is 12.1 Å². The van der Waals surface area contributed by atoms with Crippen molar-refractivity contribution in [3.63, 3.8) is 0 Å². The normalized spacial score (nSPS) is 16.8. The lowest BCUT2D eigenvalue weighted by Crippen LogP contribution is -2.47. The average molecular weight is 586 g/mol. The quantitative estimate of drug-likeness (QED) is 0.334. The van der Waals surface area contributed by atoms with E-state index in [4.69, 9.17) is 11.6 Å². The third-order valence-corrected chi connectivity index (χ3v) is 9.98. The highest BCUT2D eigenvalue weighted by Gasteiger charge is 2.28. The Morgan fingerprint density at radius 2 is 1.62 bits per heavy atom. The van der Waals surface area contributed by atoms with Gasteiger partial charge in [0.2, 0.25) is 21.8 Å². The number of hydrogen-bond donors (Lipinski definition) is 1. The summed E-state index contributed by atoms with van der Waals surface area (Å²) in [6.07, 6.45) is 10.2. The predicted octanol–water partition coefficient (Wildman–Crippen LogP) is 5.48. The fourth-order valence-electron chi connectivity index (χ4n) is 5.30. The van der Waals surface area contributed by atoms with Gasteiger partial charge >= 0.3 is 0 Å². The molecule has 1 saturated heterocycles. The van der Waals surface area contributed by atoms with Crippen molar-refractivity contribution in [2.45, 2.75) is 82.2 Å². The van der Waals surface area contributed by atoms with E-state index in [2.05, 4.69) is 11.4 Å². The number of rotatable bonds is 12. The zero-order valence-electron chi connectivity index (χ0n) is 23.3. The molecule has 9 heteroatoms. The van der Waals surface area contributed by atoms with Crippen LogP contribution in [0.4, 0.5) is 0 Å². The van der Waals surface area contributed by atoms with Crippen LogP contribution in [0.1, 0.15) is 69.4 Å². The Bertz CT molecular complexity index is 1290. The summed E-state index contributed by atoms with van der Waals surface area (Å²) >= 11 is 6.05. The number of carbonyl (C=O) groups excluding carboxylic acids is 2. The summed E-state index contributed by atoms with van der Waals surface area (Å²) in [6, 6.07) is 13.4. The van der Waals surface area contributed by atoms with Crippen LogP contribution >= 0.6 is 11.6 Å². The molecule has 1 aliphatic carbocycles. The first-order valence-electron chi connectivity index (χ1n) is 14.3. The molecule has 1 N–H and O–H groups in total. The first-order chi connectivity index (χ1) is 19.2. The SMILES string of the molecule is C[C@H](C(=O)NCCC1=CCCCC1)N(Cc1ccc(Cl)cc1)C(=O)CCc1ccc(S(=O)(=O)N2CCCC2)cc1. The van der Waals surface area contributed by atoms with E-state index in [0.717, 1.165) is 43.2 Å². The number of nitrogens with zero attached hydrogens (tertiary/aromatic N) is 2. The van der Waals surface area contributed by atoms with Gasteiger partial charge in [0.25, 0.3) is 0 Å². The minimum Gasteiger partial charge on any atom is -0.354 e. The maximum absolute atomic E-state index is 13.5. The molecule has 0 radical (unpaired) electrons. The lowest BCUT2D eigenvalue weighted by molar-refractivity contribution is -0.140. The Morgan fingerprint density at radius 3 is 2.27 bits per heavy atom. The molecular weight excluding hydrogens is 546 g/mol. The molecule has 0 unspecified atom stereocenters. The smallest absolute Gasteiger partial charge is 0.243 e. The molecule has 2 amide bonds. The molecule has 0 bridgehead atoms. The number of aryl methyl sites for hydroxylation is 1. The van der Waals surface area contributed by atoms with Crippen molar-refractivity contribution in [2.24, 2.45) is 0 Å². The van der Waals surface area contributed by atoms with Gasteiger partial charge in [0.05, 0.1) is 4.90 Å². The van der Waals surface area contributed by atoms with Gasteiger partial charge in [0.15, 0.2) is 0 Å². The van der Waals surface area contributed by atoms with Gasteiger partial charge in [-0.25, -0.2) is 8.42 Å². The van der Waals surface area contributed by atoms with Crippen molar-refractivity contribution in [1.82, 2.24) is 14.5 Å². The van der Waals surface area contributed by atoms with Gasteiger partial charge < -0.3 is 10.2 Å². The first-order valence-corrected chi connectivity index (χ1v) is 16.1. The third-order valence-electron chi connectivity index (χ3n) is 7.82. The number of sulfonamides is 1. The van der Waals surface area contributed by atoms with Crippen molar-refractivity contribution in [3.05, 3.63) is 76.3 Å². The molecule has 1 atom stereocenters. The monoisotopic (exact) mass is 585 g/mol. The summed E-state index contributed by atoms with van der Waals surface area (Å²) in [5.41, 5.74) is 3.16. The second-order valence-corrected chi connectivity index (χ2v) is 13.1. The van der Waals surface area contributed by atoms with Gasteiger partial charge in [-0.1, -0.05) is 47.5 Å². The molecule has 0 spiro atoms. The second-order valence-electron chi connectivity index (χ2n) is 10.7. The lowest BCUT2D eigenvalue weighted by atomic mass is 9.97. The van der Waals surface area contributed by atoms with Crippen LogP contribution in [0, 0.1) is 0 Å². The summed E-state index contributed by atoms with van der Waals surface area (Å²) in [7, 11) is -3.47. The minimum absolute atomic E-state index is 0.138. The van der Waals surface area contributed by atoms with E-state index < -0.39 is 16.1 Å². The van der Waals surface area contributed by atoms with Crippen LogP contribution in [-0.2, 0) is 32.6 Å². The van der Waals surface area contributed by atoms with Crippen LogP contribution in [0.25, 0.3) is 0 Å². The topological polar surface area (TPSA) is 86.8 Å². The van der Waals surface area contributed by atoms with Crippen LogP contribution in [0.5, 0.6) is 0 Å². The van der Waals surface area contributed by atoms with E-state index in [9.17, 15) is 18.0 Å². The molecule has 0 saturated carbocycles. The highest BCUT2D eigenvalue weighted by Crippen LogP contribution is 2.22. The highest BCUT2D eigenvalue weighted by atomic mass is 35.5. The molecule has 1 heterocycles. The maximum Gasteiger partial charge on any atom is 0.243 e. The molecule has 4 rings (SSSR count). The number of hydrogen-bond acceptors (Lipinski definition) is 4. The Labute approximate surface area is 243 Å². The second kappa shape index (κ2) is 14.3. The van der Waals surface area contributed by atoms with Gasteiger partial charge in [-0.15, -0.1) is 0 Å². The van der Waals surface area contributed by atoms with Crippen LogP contribution < -0.4 is 5.32 Å². The molecule has 2 aromatic carbocycles. The number of carbonyl (C=O) groups is 2. The van der Waals surface area contributed by atoms with Crippen LogP contribution in [0.2, 0.25) is 5.02 Å². The zero-order valence-corrected chi connectivity index (χ0v) is 24.9. The molecule has 216 valence electrons. The number of benzene rings is 2. The van der Waals surface area contributed by atoms with E-state index in [1.54, 1.807) is 48.2 Å². The summed E-state index contributed by atoms with van der Waals surface area (Å²) in [6.45, 7) is 3.74. The van der Waals surface area contributed by atoms with Gasteiger partial charge in [0, 0.05) is 37.6 Å². The molecular formula is C31H40ClN3O4S. The van der Waals surface area contributed by atoms with E-state index >= 15 is 0 Å². The number of halogens is 1. The van der Waals surface area contributed by atoms with Crippen molar-refractivity contribution in [2.75, 3.05) is 19.6 Å². The standard InChI is InChI=1S/C31H40ClN3O4S/c1-24(31(37)33-20-19-25-7-3-2-4-8-25)35(23-27-9-14-28(32)15-10-27)30(36)18-13-26-11-16-29(17-12-26)40(38,39)34-21-5-6-22-34/h7,9-12,14-17,24H,2-6,8,13,18-23H2,1H3,(H,33,37)/t24-/m1/s1. The Balaban J connectivity index is 1.38. The molecule has 1 fully saturated rings. The molecule has 7 nitrogen and oxygen atoms in total. The van der Waals surface area contributed by atoms with E-state index in [0.29, 0.717) is 37.6 Å². The highest BCUT2D eigenvalue weighted by molar-refractivity contribution is 7.89.